The van der Waals surface area contributed by atoms with Gasteiger partial charge in [0.25, 0.3) is 5.56 Å². The summed E-state index contributed by atoms with van der Waals surface area (Å²) in [6.07, 6.45) is -2.65. The van der Waals surface area contributed by atoms with Gasteiger partial charge in [-0.05, 0) is 31.0 Å². The van der Waals surface area contributed by atoms with Crippen LogP contribution in [-0.2, 0) is 17.4 Å². The number of Topliss-reactive ketones (excluding diaryl/α,β-unsaturated/α-hetero) is 1. The van der Waals surface area contributed by atoms with E-state index in [1.807, 2.05) is 0 Å². The lowest BCUT2D eigenvalue weighted by molar-refractivity contribution is -0.137. The molecular formula is C20H20F3N3O3. The van der Waals surface area contributed by atoms with E-state index in [-0.39, 0.29) is 35.8 Å². The molecule has 0 radical (unpaired) electrons. The lowest BCUT2D eigenvalue weighted by Crippen LogP contribution is -2.42. The number of nitrogens with one attached hydrogen (secondary N) is 1. The largest absolute Gasteiger partial charge is 0.416 e. The monoisotopic (exact) mass is 407 g/mol. The summed E-state index contributed by atoms with van der Waals surface area (Å²) in [6, 6.07) is 7.07. The number of benzene rings is 1. The summed E-state index contributed by atoms with van der Waals surface area (Å²) < 4.78 is 38.0. The number of carbonyl (C=O) groups excluding carboxylic acids is 2. The number of hydrogen-bond donors (Lipinski definition) is 1. The van der Waals surface area contributed by atoms with Crippen LogP contribution in [0.25, 0.3) is 0 Å². The molecule has 2 heterocycles. The molecule has 2 aromatic rings. The molecule has 1 aliphatic rings. The molecule has 1 atom stereocenters. The molecule has 3 rings (SSSR count). The number of rotatable bonds is 5. The molecule has 9 heteroatoms. The fourth-order valence-electron chi connectivity index (χ4n) is 3.38. The predicted octanol–water partition coefficient (Wildman–Crippen LogP) is 2.84. The van der Waals surface area contributed by atoms with Crippen LogP contribution in [0.3, 0.4) is 0 Å². The summed E-state index contributed by atoms with van der Waals surface area (Å²) in [5, 5.41) is 6.17. The molecule has 1 aliphatic heterocycles. The zero-order valence-electron chi connectivity index (χ0n) is 15.5. The van der Waals surface area contributed by atoms with Gasteiger partial charge in [-0.2, -0.15) is 18.3 Å². The van der Waals surface area contributed by atoms with E-state index < -0.39 is 17.7 Å². The third-order valence-electron chi connectivity index (χ3n) is 4.97. The van der Waals surface area contributed by atoms with Gasteiger partial charge in [0.05, 0.1) is 11.3 Å². The number of amides is 1. The van der Waals surface area contributed by atoms with Crippen molar-refractivity contribution in [2.24, 2.45) is 5.92 Å². The number of hydrogen-bond acceptors (Lipinski definition) is 4. The van der Waals surface area contributed by atoms with Gasteiger partial charge < -0.3 is 4.90 Å². The number of halogens is 3. The number of aromatic nitrogens is 2. The Morgan fingerprint density at radius 1 is 1.14 bits per heavy atom. The van der Waals surface area contributed by atoms with Crippen molar-refractivity contribution >= 4 is 11.7 Å². The van der Waals surface area contributed by atoms with Crippen LogP contribution in [-0.4, -0.2) is 39.9 Å². The summed E-state index contributed by atoms with van der Waals surface area (Å²) >= 11 is 0. The topological polar surface area (TPSA) is 83.1 Å². The van der Waals surface area contributed by atoms with Crippen molar-refractivity contribution in [2.75, 3.05) is 13.1 Å². The molecule has 29 heavy (non-hydrogen) atoms. The molecule has 1 aromatic heterocycles. The van der Waals surface area contributed by atoms with Gasteiger partial charge in [-0.15, -0.1) is 0 Å². The highest BCUT2D eigenvalue weighted by Crippen LogP contribution is 2.30. The van der Waals surface area contributed by atoms with Crippen molar-refractivity contribution in [3.8, 4) is 0 Å². The van der Waals surface area contributed by atoms with Gasteiger partial charge in [0.1, 0.15) is 0 Å². The lowest BCUT2D eigenvalue weighted by Gasteiger charge is -2.32. The number of piperidine rings is 1. The van der Waals surface area contributed by atoms with Gasteiger partial charge in [-0.3, -0.25) is 14.4 Å². The fraction of sp³-hybridized carbons (Fsp3) is 0.400. The second kappa shape index (κ2) is 8.59. The minimum Gasteiger partial charge on any atom is -0.342 e. The van der Waals surface area contributed by atoms with Crippen LogP contribution in [0, 0.1) is 5.92 Å². The summed E-state index contributed by atoms with van der Waals surface area (Å²) in [7, 11) is 0. The van der Waals surface area contributed by atoms with Crippen LogP contribution in [0.4, 0.5) is 13.2 Å². The molecule has 1 saturated heterocycles. The highest BCUT2D eigenvalue weighted by atomic mass is 19.4. The average molecular weight is 407 g/mol. The average Bonchev–Trinajstić information content (AvgIpc) is 2.72. The molecule has 6 nitrogen and oxygen atoms in total. The Bertz CT molecular complexity index is 918. The van der Waals surface area contributed by atoms with Crippen LogP contribution < -0.4 is 5.56 Å². The number of likely N-dealkylation sites (tertiary alicyclic amines) is 1. The summed E-state index contributed by atoms with van der Waals surface area (Å²) in [5.41, 5.74) is -0.312. The van der Waals surface area contributed by atoms with Crippen molar-refractivity contribution in [3.05, 3.63) is 63.6 Å². The van der Waals surface area contributed by atoms with Gasteiger partial charge >= 0.3 is 6.18 Å². The molecule has 0 unspecified atom stereocenters. The molecule has 0 saturated carbocycles. The SMILES string of the molecule is O=C(c1ccc(C(F)(F)F)cc1)[C@H]1CCCN(C(=O)CCc2ccc(=O)[nH]n2)C1. The Morgan fingerprint density at radius 2 is 1.86 bits per heavy atom. The van der Waals surface area contributed by atoms with Crippen LogP contribution in [0.1, 0.15) is 40.9 Å². The van der Waals surface area contributed by atoms with E-state index in [0.29, 0.717) is 31.5 Å². The number of nitrogens with zero attached hydrogens (tertiary/aromatic N) is 2. The number of alkyl halides is 3. The molecule has 0 bridgehead atoms. The van der Waals surface area contributed by atoms with Crippen molar-refractivity contribution in [1.82, 2.24) is 15.1 Å². The minimum atomic E-state index is -4.45. The quantitative estimate of drug-likeness (QED) is 0.773. The summed E-state index contributed by atoms with van der Waals surface area (Å²) in [6.45, 7) is 0.784. The van der Waals surface area contributed by atoms with Crippen LogP contribution >= 0.6 is 0 Å². The van der Waals surface area contributed by atoms with E-state index in [2.05, 4.69) is 10.2 Å². The van der Waals surface area contributed by atoms with Crippen LogP contribution in [0.15, 0.2) is 41.2 Å². The second-order valence-electron chi connectivity index (χ2n) is 7.03. The van der Waals surface area contributed by atoms with Crippen molar-refractivity contribution in [1.29, 1.82) is 0 Å². The maximum Gasteiger partial charge on any atom is 0.416 e. The zero-order valence-corrected chi connectivity index (χ0v) is 15.5. The highest BCUT2D eigenvalue weighted by molar-refractivity contribution is 5.98. The Morgan fingerprint density at radius 3 is 2.48 bits per heavy atom. The second-order valence-corrected chi connectivity index (χ2v) is 7.03. The first-order valence-corrected chi connectivity index (χ1v) is 9.28. The Hall–Kier alpha value is -2.97. The van der Waals surface area contributed by atoms with Crippen molar-refractivity contribution in [2.45, 2.75) is 31.9 Å². The van der Waals surface area contributed by atoms with E-state index >= 15 is 0 Å². The predicted molar refractivity (Wildman–Crippen MR) is 98.3 cm³/mol. The molecule has 1 aromatic carbocycles. The van der Waals surface area contributed by atoms with Gasteiger partial charge in [-0.25, -0.2) is 5.10 Å². The van der Waals surface area contributed by atoms with Gasteiger partial charge in [-0.1, -0.05) is 12.1 Å². The van der Waals surface area contributed by atoms with E-state index in [1.165, 1.54) is 18.2 Å². The first-order chi connectivity index (χ1) is 13.7. The van der Waals surface area contributed by atoms with Gasteiger partial charge in [0.15, 0.2) is 5.78 Å². The van der Waals surface area contributed by atoms with Crippen molar-refractivity contribution < 1.29 is 22.8 Å². The summed E-state index contributed by atoms with van der Waals surface area (Å²) in [5.74, 6) is -0.808. The Balaban J connectivity index is 1.59. The molecular weight excluding hydrogens is 387 g/mol. The first kappa shape index (κ1) is 20.8. The van der Waals surface area contributed by atoms with Gasteiger partial charge in [0.2, 0.25) is 5.91 Å². The third kappa shape index (κ3) is 5.30. The minimum absolute atomic E-state index is 0.122. The summed E-state index contributed by atoms with van der Waals surface area (Å²) in [4.78, 5) is 37.8. The third-order valence-corrected chi connectivity index (χ3v) is 4.97. The molecule has 0 spiro atoms. The number of carbonyl (C=O) groups is 2. The maximum absolute atomic E-state index is 12.7. The molecule has 1 N–H and O–H groups in total. The molecule has 154 valence electrons. The zero-order chi connectivity index (χ0) is 21.0. The standard InChI is InChI=1S/C20H20F3N3O3/c21-20(22,23)15-5-3-13(4-6-15)19(29)14-2-1-11-26(12-14)18(28)10-8-16-7-9-17(27)25-24-16/h3-7,9,14H,1-2,8,10-12H2,(H,25,27)/t14-/m0/s1. The van der Waals surface area contributed by atoms with E-state index in [9.17, 15) is 27.6 Å². The number of ketones is 1. The van der Waals surface area contributed by atoms with Crippen molar-refractivity contribution in [3.63, 3.8) is 0 Å². The van der Waals surface area contributed by atoms with E-state index in [0.717, 1.165) is 12.1 Å². The Kier molecular flexibility index (Phi) is 6.14. The number of H-pyrrole nitrogens is 1. The first-order valence-electron chi connectivity index (χ1n) is 9.28. The molecule has 0 aliphatic carbocycles. The number of aromatic amines is 1. The smallest absolute Gasteiger partial charge is 0.342 e. The van der Waals surface area contributed by atoms with Crippen LogP contribution in [0.2, 0.25) is 0 Å². The lowest BCUT2D eigenvalue weighted by atomic mass is 9.89. The van der Waals surface area contributed by atoms with E-state index in [1.54, 1.807) is 11.0 Å². The fourth-order valence-corrected chi connectivity index (χ4v) is 3.38. The normalized spacial score (nSPS) is 17.2. The maximum atomic E-state index is 12.7. The van der Waals surface area contributed by atoms with Gasteiger partial charge in [0, 0.05) is 43.5 Å². The number of aryl methyl sites for hydroxylation is 1. The van der Waals surface area contributed by atoms with Crippen LogP contribution in [0.5, 0.6) is 0 Å². The van der Waals surface area contributed by atoms with E-state index in [4.69, 9.17) is 0 Å². The highest BCUT2D eigenvalue weighted by Gasteiger charge is 2.32. The molecule has 1 fully saturated rings. The molecule has 1 amide bonds. The Labute approximate surface area is 164 Å².